The Morgan fingerprint density at radius 1 is 0.595 bits per heavy atom. The van der Waals surface area contributed by atoms with E-state index in [2.05, 4.69) is 150 Å². The van der Waals surface area contributed by atoms with Gasteiger partial charge in [0.2, 0.25) is 0 Å². The van der Waals surface area contributed by atoms with Gasteiger partial charge in [0, 0.05) is 16.5 Å². The summed E-state index contributed by atoms with van der Waals surface area (Å²) in [4.78, 5) is 0. The highest BCUT2D eigenvalue weighted by Gasteiger charge is 2.34. The summed E-state index contributed by atoms with van der Waals surface area (Å²) in [6.45, 7) is 15.8. The minimum atomic E-state index is -0.0664. The number of hydrogen-bond donors (Lipinski definition) is 0. The molecule has 0 aliphatic rings. The minimum absolute atomic E-state index is 0.0664. The van der Waals surface area contributed by atoms with Crippen LogP contribution in [0, 0.1) is 0 Å². The smallest absolute Gasteiger partial charge is 0.168 e. The van der Waals surface area contributed by atoms with Crippen molar-refractivity contribution in [2.75, 3.05) is 0 Å². The summed E-state index contributed by atoms with van der Waals surface area (Å²) in [5, 5.41) is 9.88. The van der Waals surface area contributed by atoms with Crippen LogP contribution in [-0.2, 0) is 17.3 Å². The molecule has 5 aromatic rings. The van der Waals surface area contributed by atoms with Gasteiger partial charge in [0.1, 0.15) is 5.82 Å². The van der Waals surface area contributed by atoms with Crippen LogP contribution in [0.5, 0.6) is 0 Å². The van der Waals surface area contributed by atoms with Gasteiger partial charge in [-0.25, -0.2) is 0 Å². The predicted octanol–water partition coefficient (Wildman–Crippen LogP) is 10.6. The summed E-state index contributed by atoms with van der Waals surface area (Å²) >= 11 is 0. The van der Waals surface area contributed by atoms with Crippen LogP contribution >= 0.6 is 0 Å². The molecule has 0 aliphatic heterocycles. The van der Waals surface area contributed by atoms with Crippen molar-refractivity contribution >= 4 is 0 Å². The van der Waals surface area contributed by atoms with Gasteiger partial charge in [-0.05, 0) is 77.1 Å². The average molecular weight is 556 g/mol. The molecule has 0 N–H and O–H groups in total. The highest BCUT2D eigenvalue weighted by atomic mass is 15.3. The van der Waals surface area contributed by atoms with Crippen molar-refractivity contribution in [1.82, 2.24) is 14.8 Å². The Balaban J connectivity index is 1.78. The van der Waals surface area contributed by atoms with E-state index in [1.165, 1.54) is 33.4 Å². The van der Waals surface area contributed by atoms with Crippen molar-refractivity contribution < 1.29 is 0 Å². The van der Waals surface area contributed by atoms with E-state index >= 15 is 0 Å². The fraction of sp³-hybridized carbons (Fsp3) is 0.333. The summed E-state index contributed by atoms with van der Waals surface area (Å²) in [6, 6.07) is 35.4. The van der Waals surface area contributed by atoms with Crippen LogP contribution in [0.25, 0.3) is 39.3 Å². The molecule has 0 bridgehead atoms. The zero-order valence-corrected chi connectivity index (χ0v) is 26.4. The molecule has 0 saturated carbocycles. The second kappa shape index (κ2) is 12.1. The van der Waals surface area contributed by atoms with Crippen LogP contribution in [0.15, 0.2) is 97.1 Å². The van der Waals surface area contributed by atoms with Gasteiger partial charge in [-0.1, -0.05) is 127 Å². The molecule has 0 saturated heterocycles. The van der Waals surface area contributed by atoms with Crippen LogP contribution in [0.3, 0.4) is 0 Å². The summed E-state index contributed by atoms with van der Waals surface area (Å²) in [5.41, 5.74) is 9.71. The highest BCUT2D eigenvalue weighted by Crippen LogP contribution is 2.41. The topological polar surface area (TPSA) is 30.7 Å². The summed E-state index contributed by atoms with van der Waals surface area (Å²) < 4.78 is 2.36. The zero-order valence-electron chi connectivity index (χ0n) is 26.4. The lowest BCUT2D eigenvalue weighted by atomic mass is 9.78. The van der Waals surface area contributed by atoms with Crippen LogP contribution in [0.1, 0.15) is 84.7 Å². The van der Waals surface area contributed by atoms with E-state index in [-0.39, 0.29) is 10.8 Å². The molecule has 216 valence electrons. The predicted molar refractivity (Wildman–Crippen MR) is 178 cm³/mol. The van der Waals surface area contributed by atoms with E-state index in [4.69, 9.17) is 10.2 Å². The molecule has 42 heavy (non-hydrogen) atoms. The van der Waals surface area contributed by atoms with E-state index in [0.29, 0.717) is 0 Å². The Morgan fingerprint density at radius 2 is 1.24 bits per heavy atom. The Hall–Kier alpha value is -3.98. The maximum atomic E-state index is 4.97. The maximum Gasteiger partial charge on any atom is 0.168 e. The van der Waals surface area contributed by atoms with Crippen molar-refractivity contribution in [2.45, 2.75) is 85.0 Å². The van der Waals surface area contributed by atoms with Gasteiger partial charge in [0.15, 0.2) is 5.82 Å². The molecule has 1 aromatic heterocycles. The molecule has 0 fully saturated rings. The lowest BCUT2D eigenvalue weighted by molar-refractivity contribution is 0.353. The minimum Gasteiger partial charge on any atom is -0.278 e. The second-order valence-electron chi connectivity index (χ2n) is 12.5. The standard InChI is InChI=1S/C39H45N3/c1-8-28-16-15-19-32(26-28)36-40-41-37(39(9-2,10-3)11-4)42(36)35-25-22-31(27-34(35)30-17-13-12-14-18-30)29-20-23-33(24-21-29)38(5,6)7/h12-27H,8-11H2,1-7H3. The van der Waals surface area contributed by atoms with Gasteiger partial charge >= 0.3 is 0 Å². The van der Waals surface area contributed by atoms with E-state index in [9.17, 15) is 0 Å². The second-order valence-corrected chi connectivity index (χ2v) is 12.5. The first-order chi connectivity index (χ1) is 20.2. The number of aryl methyl sites for hydroxylation is 1. The molecular formula is C39H45N3. The SMILES string of the molecule is CCc1cccc(-c2nnc(C(CC)(CC)CC)n2-c2ccc(-c3ccc(C(C)(C)C)cc3)cc2-c2ccccc2)c1. The van der Waals surface area contributed by atoms with E-state index in [0.717, 1.165) is 48.6 Å². The molecular weight excluding hydrogens is 510 g/mol. The number of nitrogens with zero attached hydrogens (tertiary/aromatic N) is 3. The Labute approximate surface area is 252 Å². The molecule has 4 aromatic carbocycles. The normalized spacial score (nSPS) is 12.1. The van der Waals surface area contributed by atoms with E-state index in [1.807, 2.05) is 0 Å². The average Bonchev–Trinajstić information content (AvgIpc) is 3.47. The van der Waals surface area contributed by atoms with Crippen molar-refractivity contribution in [2.24, 2.45) is 0 Å². The van der Waals surface area contributed by atoms with Gasteiger partial charge in [0.25, 0.3) is 0 Å². The number of benzene rings is 4. The van der Waals surface area contributed by atoms with Gasteiger partial charge < -0.3 is 0 Å². The third-order valence-electron chi connectivity index (χ3n) is 9.17. The molecule has 1 heterocycles. The first kappa shape index (κ1) is 29.5. The lowest BCUT2D eigenvalue weighted by Crippen LogP contribution is -2.28. The molecule has 3 nitrogen and oxygen atoms in total. The zero-order chi connectivity index (χ0) is 29.9. The van der Waals surface area contributed by atoms with Gasteiger partial charge in [0.05, 0.1) is 5.69 Å². The van der Waals surface area contributed by atoms with Crippen molar-refractivity contribution in [3.05, 3.63) is 114 Å². The molecule has 3 heteroatoms. The molecule has 0 aliphatic carbocycles. The van der Waals surface area contributed by atoms with Crippen LogP contribution < -0.4 is 0 Å². The van der Waals surface area contributed by atoms with E-state index in [1.54, 1.807) is 0 Å². The Kier molecular flexibility index (Phi) is 8.50. The highest BCUT2D eigenvalue weighted by molar-refractivity contribution is 5.81. The third kappa shape index (κ3) is 5.57. The first-order valence-corrected chi connectivity index (χ1v) is 15.6. The molecule has 0 atom stereocenters. The van der Waals surface area contributed by atoms with E-state index < -0.39 is 0 Å². The molecule has 0 radical (unpaired) electrons. The fourth-order valence-electron chi connectivity index (χ4n) is 6.12. The largest absolute Gasteiger partial charge is 0.278 e. The quantitative estimate of drug-likeness (QED) is 0.181. The summed E-state index contributed by atoms with van der Waals surface area (Å²) in [5.74, 6) is 1.95. The lowest BCUT2D eigenvalue weighted by Gasteiger charge is -2.30. The molecule has 0 amide bonds. The van der Waals surface area contributed by atoms with Crippen LogP contribution in [-0.4, -0.2) is 14.8 Å². The number of rotatable bonds is 9. The number of aromatic nitrogens is 3. The van der Waals surface area contributed by atoms with Crippen LogP contribution in [0.2, 0.25) is 0 Å². The van der Waals surface area contributed by atoms with Crippen molar-refractivity contribution in [3.8, 4) is 39.3 Å². The van der Waals surface area contributed by atoms with Gasteiger partial charge in [-0.2, -0.15) is 0 Å². The monoisotopic (exact) mass is 555 g/mol. The number of hydrogen-bond acceptors (Lipinski definition) is 2. The molecule has 0 unspecified atom stereocenters. The van der Waals surface area contributed by atoms with Crippen molar-refractivity contribution in [1.29, 1.82) is 0 Å². The van der Waals surface area contributed by atoms with Gasteiger partial charge in [-0.3, -0.25) is 4.57 Å². The summed E-state index contributed by atoms with van der Waals surface area (Å²) in [7, 11) is 0. The molecule has 5 rings (SSSR count). The van der Waals surface area contributed by atoms with Crippen molar-refractivity contribution in [3.63, 3.8) is 0 Å². The molecule has 0 spiro atoms. The van der Waals surface area contributed by atoms with Gasteiger partial charge in [-0.15, -0.1) is 10.2 Å². The fourth-order valence-corrected chi connectivity index (χ4v) is 6.12. The first-order valence-electron chi connectivity index (χ1n) is 15.6. The summed E-state index contributed by atoms with van der Waals surface area (Å²) in [6.07, 6.45) is 4.00. The maximum absolute atomic E-state index is 4.97. The Bertz CT molecular complexity index is 1620. The third-order valence-corrected chi connectivity index (χ3v) is 9.17. The Morgan fingerprint density at radius 3 is 1.86 bits per heavy atom. The van der Waals surface area contributed by atoms with Crippen LogP contribution in [0.4, 0.5) is 0 Å².